The van der Waals surface area contributed by atoms with Crippen LogP contribution in [0.15, 0.2) is 0 Å². The quantitative estimate of drug-likeness (QED) is 0.827. The van der Waals surface area contributed by atoms with Gasteiger partial charge in [0.05, 0.1) is 5.25 Å². The van der Waals surface area contributed by atoms with E-state index in [1.165, 1.54) is 19.4 Å². The van der Waals surface area contributed by atoms with E-state index in [-0.39, 0.29) is 5.25 Å². The maximum Gasteiger partial charge on any atom is 0.152 e. The Balaban J connectivity index is 1.76. The van der Waals surface area contributed by atoms with Crippen LogP contribution in [0, 0.1) is 5.92 Å². The van der Waals surface area contributed by atoms with E-state index in [4.69, 9.17) is 0 Å². The van der Waals surface area contributed by atoms with Crippen LogP contribution in [0.25, 0.3) is 0 Å². The molecule has 1 N–H and O–H groups in total. The molecule has 106 valence electrons. The number of hydrogen-bond acceptors (Lipinski definition) is 4. The maximum absolute atomic E-state index is 11.8. The van der Waals surface area contributed by atoms with E-state index >= 15 is 0 Å². The van der Waals surface area contributed by atoms with E-state index in [9.17, 15) is 8.42 Å². The summed E-state index contributed by atoms with van der Waals surface area (Å²) in [6.07, 6.45) is 4.21. The number of sulfone groups is 1. The van der Waals surface area contributed by atoms with Gasteiger partial charge in [0.2, 0.25) is 0 Å². The lowest BCUT2D eigenvalue weighted by molar-refractivity contribution is 0.178. The molecule has 2 rings (SSSR count). The minimum absolute atomic E-state index is 0.0771. The molecule has 0 aromatic rings. The van der Waals surface area contributed by atoms with Gasteiger partial charge in [0.1, 0.15) is 0 Å². The van der Waals surface area contributed by atoms with Gasteiger partial charge < -0.3 is 10.2 Å². The molecule has 0 spiro atoms. The highest BCUT2D eigenvalue weighted by molar-refractivity contribution is 7.92. The van der Waals surface area contributed by atoms with Crippen LogP contribution in [0.5, 0.6) is 0 Å². The van der Waals surface area contributed by atoms with Gasteiger partial charge in [-0.2, -0.15) is 0 Å². The predicted octanol–water partition coefficient (Wildman–Crippen LogP) is 0.885. The van der Waals surface area contributed by atoms with E-state index in [0.29, 0.717) is 5.75 Å². The largest absolute Gasteiger partial charge is 0.317 e. The number of nitrogens with one attached hydrogen (secondary N) is 1. The van der Waals surface area contributed by atoms with E-state index in [1.54, 1.807) is 6.92 Å². The van der Waals surface area contributed by atoms with Gasteiger partial charge >= 0.3 is 0 Å². The predicted molar refractivity (Wildman–Crippen MR) is 74.5 cm³/mol. The van der Waals surface area contributed by atoms with Crippen molar-refractivity contribution in [3.63, 3.8) is 0 Å². The Morgan fingerprint density at radius 3 is 2.28 bits per heavy atom. The van der Waals surface area contributed by atoms with Gasteiger partial charge in [-0.1, -0.05) is 6.92 Å². The van der Waals surface area contributed by atoms with Crippen molar-refractivity contribution in [1.29, 1.82) is 0 Å². The molecule has 2 saturated heterocycles. The lowest BCUT2D eigenvalue weighted by atomic mass is 9.96. The summed E-state index contributed by atoms with van der Waals surface area (Å²) in [4.78, 5) is 2.47. The van der Waals surface area contributed by atoms with Gasteiger partial charge in [0, 0.05) is 12.3 Å². The van der Waals surface area contributed by atoms with Crippen LogP contribution in [0.1, 0.15) is 32.6 Å². The highest BCUT2D eigenvalue weighted by atomic mass is 32.2. The fourth-order valence-electron chi connectivity index (χ4n) is 3.12. The highest BCUT2D eigenvalue weighted by Gasteiger charge is 2.29. The summed E-state index contributed by atoms with van der Waals surface area (Å²) >= 11 is 0. The second kappa shape index (κ2) is 6.35. The minimum Gasteiger partial charge on any atom is -0.317 e. The first-order valence-electron chi connectivity index (χ1n) is 7.26. The first kappa shape index (κ1) is 14.3. The fraction of sp³-hybridized carbons (Fsp3) is 1.00. The molecule has 5 heteroatoms. The number of likely N-dealkylation sites (tertiary alicyclic amines) is 1. The van der Waals surface area contributed by atoms with Crippen molar-refractivity contribution in [1.82, 2.24) is 10.2 Å². The molecule has 0 aliphatic carbocycles. The highest BCUT2D eigenvalue weighted by Crippen LogP contribution is 2.21. The molecule has 2 fully saturated rings. The standard InChI is InChI=1S/C13H26N2O2S/c1-2-18(16,17)13-5-9-15(10-6-13)11-12-3-7-14-8-4-12/h12-14H,2-11H2,1H3. The monoisotopic (exact) mass is 274 g/mol. The Labute approximate surface area is 111 Å². The van der Waals surface area contributed by atoms with Crippen LogP contribution in [-0.2, 0) is 9.84 Å². The number of piperidine rings is 2. The van der Waals surface area contributed by atoms with Crippen molar-refractivity contribution in [3.05, 3.63) is 0 Å². The zero-order valence-electron chi connectivity index (χ0n) is 11.4. The first-order chi connectivity index (χ1) is 8.62. The second-order valence-electron chi connectivity index (χ2n) is 5.64. The number of nitrogens with zero attached hydrogens (tertiary/aromatic N) is 1. The molecule has 0 aromatic heterocycles. The number of rotatable bonds is 4. The topological polar surface area (TPSA) is 49.4 Å². The van der Waals surface area contributed by atoms with Crippen LogP contribution in [0.4, 0.5) is 0 Å². The van der Waals surface area contributed by atoms with Crippen molar-refractivity contribution >= 4 is 9.84 Å². The zero-order valence-corrected chi connectivity index (χ0v) is 12.2. The van der Waals surface area contributed by atoms with Crippen LogP contribution in [-0.4, -0.2) is 57.0 Å². The molecule has 0 saturated carbocycles. The van der Waals surface area contributed by atoms with Gasteiger partial charge in [-0.15, -0.1) is 0 Å². The average molecular weight is 274 g/mol. The van der Waals surface area contributed by atoms with Gasteiger partial charge in [0.15, 0.2) is 9.84 Å². The fourth-order valence-corrected chi connectivity index (χ4v) is 4.52. The van der Waals surface area contributed by atoms with Crippen molar-refractivity contribution < 1.29 is 8.42 Å². The molecule has 2 aliphatic heterocycles. The normalized spacial score (nSPS) is 25.4. The summed E-state index contributed by atoms with van der Waals surface area (Å²) in [5.74, 6) is 1.11. The average Bonchev–Trinajstić information content (AvgIpc) is 2.40. The Kier molecular flexibility index (Phi) is 5.04. The van der Waals surface area contributed by atoms with Crippen molar-refractivity contribution in [2.24, 2.45) is 5.92 Å². The third-order valence-electron chi connectivity index (χ3n) is 4.42. The van der Waals surface area contributed by atoms with Crippen LogP contribution >= 0.6 is 0 Å². The molecule has 0 amide bonds. The summed E-state index contributed by atoms with van der Waals surface area (Å²) in [5, 5.41) is 3.31. The Morgan fingerprint density at radius 1 is 1.11 bits per heavy atom. The first-order valence-corrected chi connectivity index (χ1v) is 8.98. The van der Waals surface area contributed by atoms with E-state index in [0.717, 1.165) is 44.9 Å². The summed E-state index contributed by atoms with van der Waals surface area (Å²) in [6.45, 7) is 7.15. The van der Waals surface area contributed by atoms with Gasteiger partial charge in [-0.05, 0) is 57.8 Å². The molecular weight excluding hydrogens is 248 g/mol. The third-order valence-corrected chi connectivity index (χ3v) is 6.71. The van der Waals surface area contributed by atoms with Crippen LogP contribution in [0.2, 0.25) is 0 Å². The Morgan fingerprint density at radius 2 is 1.72 bits per heavy atom. The molecule has 4 nitrogen and oxygen atoms in total. The third kappa shape index (κ3) is 3.68. The summed E-state index contributed by atoms with van der Waals surface area (Å²) < 4.78 is 23.6. The summed E-state index contributed by atoms with van der Waals surface area (Å²) in [5.41, 5.74) is 0. The zero-order chi connectivity index (χ0) is 13.0. The van der Waals surface area contributed by atoms with Crippen molar-refractivity contribution in [3.8, 4) is 0 Å². The summed E-state index contributed by atoms with van der Waals surface area (Å²) in [7, 11) is -2.81. The minimum atomic E-state index is -2.81. The SMILES string of the molecule is CCS(=O)(=O)C1CCN(CC2CCNCC2)CC1. The molecule has 0 bridgehead atoms. The van der Waals surface area contributed by atoms with Crippen LogP contribution in [0.3, 0.4) is 0 Å². The lowest BCUT2D eigenvalue weighted by Crippen LogP contribution is -2.43. The van der Waals surface area contributed by atoms with Gasteiger partial charge in [-0.25, -0.2) is 8.42 Å². The van der Waals surface area contributed by atoms with E-state index < -0.39 is 9.84 Å². The molecule has 0 unspecified atom stereocenters. The molecule has 0 radical (unpaired) electrons. The molecular formula is C13H26N2O2S. The molecule has 18 heavy (non-hydrogen) atoms. The van der Waals surface area contributed by atoms with Crippen LogP contribution < -0.4 is 5.32 Å². The van der Waals surface area contributed by atoms with E-state index in [2.05, 4.69) is 10.2 Å². The number of hydrogen-bond donors (Lipinski definition) is 1. The second-order valence-corrected chi connectivity index (χ2v) is 8.21. The maximum atomic E-state index is 11.8. The summed E-state index contributed by atoms with van der Waals surface area (Å²) in [6, 6.07) is 0. The molecule has 0 aromatic carbocycles. The smallest absolute Gasteiger partial charge is 0.152 e. The molecule has 2 aliphatic rings. The van der Waals surface area contributed by atoms with Gasteiger partial charge in [-0.3, -0.25) is 0 Å². The van der Waals surface area contributed by atoms with E-state index in [1.807, 2.05) is 0 Å². The Bertz CT molecular complexity index is 342. The van der Waals surface area contributed by atoms with Crippen molar-refractivity contribution in [2.45, 2.75) is 37.9 Å². The lowest BCUT2D eigenvalue weighted by Gasteiger charge is -2.35. The molecule has 0 atom stereocenters. The molecule has 2 heterocycles. The van der Waals surface area contributed by atoms with Crippen molar-refractivity contribution in [2.75, 3.05) is 38.5 Å². The van der Waals surface area contributed by atoms with Gasteiger partial charge in [0.25, 0.3) is 0 Å². The Hall–Kier alpha value is -0.130.